The summed E-state index contributed by atoms with van der Waals surface area (Å²) in [4.78, 5) is 26.2. The summed E-state index contributed by atoms with van der Waals surface area (Å²) in [6.07, 6.45) is 3.61. The SMILES string of the molecule is Cc1ccc(NC(=O)/C(C#N)=C/c2ccc(OCC(=O)N3CCCC3)cc2)cc1. The van der Waals surface area contributed by atoms with Gasteiger partial charge in [-0.05, 0) is 55.7 Å². The van der Waals surface area contributed by atoms with E-state index in [0.717, 1.165) is 31.5 Å². The number of ether oxygens (including phenoxy) is 1. The van der Waals surface area contributed by atoms with Gasteiger partial charge < -0.3 is 15.0 Å². The Hall–Kier alpha value is -3.59. The molecule has 6 heteroatoms. The van der Waals surface area contributed by atoms with E-state index in [2.05, 4.69) is 5.32 Å². The molecular formula is C23H23N3O3. The Labute approximate surface area is 170 Å². The van der Waals surface area contributed by atoms with Crippen molar-refractivity contribution >= 4 is 23.6 Å². The highest BCUT2D eigenvalue weighted by molar-refractivity contribution is 6.09. The van der Waals surface area contributed by atoms with Crippen LogP contribution in [0.2, 0.25) is 0 Å². The first kappa shape index (κ1) is 20.2. The molecule has 3 rings (SSSR count). The standard InChI is InChI=1S/C23H23N3O3/c1-17-4-8-20(9-5-17)25-23(28)19(15-24)14-18-6-10-21(11-7-18)29-16-22(27)26-12-2-3-13-26/h4-11,14H,2-3,12-13,16H2,1H3,(H,25,28)/b19-14+. The second-order valence-corrected chi connectivity index (χ2v) is 6.94. The third-order valence-corrected chi connectivity index (χ3v) is 4.69. The van der Waals surface area contributed by atoms with E-state index in [-0.39, 0.29) is 18.1 Å². The number of amides is 2. The molecule has 1 aliphatic heterocycles. The Morgan fingerprint density at radius 2 is 1.76 bits per heavy atom. The van der Waals surface area contributed by atoms with Crippen LogP contribution in [-0.4, -0.2) is 36.4 Å². The number of carbonyl (C=O) groups is 2. The summed E-state index contributed by atoms with van der Waals surface area (Å²) < 4.78 is 5.55. The maximum Gasteiger partial charge on any atom is 0.266 e. The minimum Gasteiger partial charge on any atom is -0.484 e. The van der Waals surface area contributed by atoms with Gasteiger partial charge in [0.15, 0.2) is 6.61 Å². The summed E-state index contributed by atoms with van der Waals surface area (Å²) in [5, 5.41) is 12.1. The molecular weight excluding hydrogens is 366 g/mol. The number of nitrogens with one attached hydrogen (secondary N) is 1. The van der Waals surface area contributed by atoms with Gasteiger partial charge in [-0.3, -0.25) is 9.59 Å². The number of likely N-dealkylation sites (tertiary alicyclic amines) is 1. The second kappa shape index (κ2) is 9.56. The number of hydrogen-bond acceptors (Lipinski definition) is 4. The molecule has 0 atom stereocenters. The van der Waals surface area contributed by atoms with Gasteiger partial charge in [-0.25, -0.2) is 0 Å². The Morgan fingerprint density at radius 1 is 1.10 bits per heavy atom. The summed E-state index contributed by atoms with van der Waals surface area (Å²) in [5.41, 5.74) is 2.42. The fraction of sp³-hybridized carbons (Fsp3) is 0.261. The van der Waals surface area contributed by atoms with E-state index >= 15 is 0 Å². The minimum absolute atomic E-state index is 0.00320. The van der Waals surface area contributed by atoms with Crippen LogP contribution >= 0.6 is 0 Å². The zero-order valence-corrected chi connectivity index (χ0v) is 16.4. The van der Waals surface area contributed by atoms with Crippen LogP contribution in [0.15, 0.2) is 54.1 Å². The molecule has 0 spiro atoms. The molecule has 6 nitrogen and oxygen atoms in total. The molecule has 2 amide bonds. The average molecular weight is 389 g/mol. The van der Waals surface area contributed by atoms with Crippen LogP contribution in [-0.2, 0) is 9.59 Å². The van der Waals surface area contributed by atoms with Crippen molar-refractivity contribution in [2.45, 2.75) is 19.8 Å². The molecule has 1 fully saturated rings. The van der Waals surface area contributed by atoms with Crippen molar-refractivity contribution in [3.63, 3.8) is 0 Å². The summed E-state index contributed by atoms with van der Waals surface area (Å²) in [7, 11) is 0. The number of nitrogens with zero attached hydrogens (tertiary/aromatic N) is 2. The number of carbonyl (C=O) groups excluding carboxylic acids is 2. The van der Waals surface area contributed by atoms with Gasteiger partial charge in [-0.2, -0.15) is 5.26 Å². The van der Waals surface area contributed by atoms with Gasteiger partial charge in [0.25, 0.3) is 11.8 Å². The molecule has 0 unspecified atom stereocenters. The summed E-state index contributed by atoms with van der Waals surface area (Å²) >= 11 is 0. The number of aryl methyl sites for hydroxylation is 1. The van der Waals surface area contributed by atoms with E-state index in [1.807, 2.05) is 30.0 Å². The van der Waals surface area contributed by atoms with Crippen LogP contribution in [0.25, 0.3) is 6.08 Å². The first-order valence-corrected chi connectivity index (χ1v) is 9.55. The Bertz CT molecular complexity index is 935. The molecule has 0 aliphatic carbocycles. The zero-order chi connectivity index (χ0) is 20.6. The molecule has 2 aromatic carbocycles. The molecule has 1 saturated heterocycles. The highest BCUT2D eigenvalue weighted by Crippen LogP contribution is 2.17. The predicted octanol–water partition coefficient (Wildman–Crippen LogP) is 3.54. The smallest absolute Gasteiger partial charge is 0.266 e. The summed E-state index contributed by atoms with van der Waals surface area (Å²) in [6, 6.07) is 16.2. The molecule has 1 aliphatic rings. The first-order valence-electron chi connectivity index (χ1n) is 9.55. The van der Waals surface area contributed by atoms with Gasteiger partial charge in [0.2, 0.25) is 0 Å². The van der Waals surface area contributed by atoms with Crippen molar-refractivity contribution in [1.82, 2.24) is 4.90 Å². The normalized spacial score (nSPS) is 13.7. The van der Waals surface area contributed by atoms with Crippen molar-refractivity contribution in [2.75, 3.05) is 25.0 Å². The monoisotopic (exact) mass is 389 g/mol. The zero-order valence-electron chi connectivity index (χ0n) is 16.4. The Morgan fingerprint density at radius 3 is 2.38 bits per heavy atom. The van der Waals surface area contributed by atoms with Gasteiger partial charge in [0.05, 0.1) is 0 Å². The van der Waals surface area contributed by atoms with E-state index in [1.165, 1.54) is 6.08 Å². The van der Waals surface area contributed by atoms with Gasteiger partial charge >= 0.3 is 0 Å². The Balaban J connectivity index is 1.59. The molecule has 2 aromatic rings. The van der Waals surface area contributed by atoms with Gasteiger partial charge in [0, 0.05) is 18.8 Å². The van der Waals surface area contributed by atoms with Gasteiger partial charge in [0.1, 0.15) is 17.4 Å². The maximum absolute atomic E-state index is 12.3. The van der Waals surface area contributed by atoms with E-state index in [1.54, 1.807) is 36.4 Å². The fourth-order valence-corrected chi connectivity index (χ4v) is 3.01. The topological polar surface area (TPSA) is 82.4 Å². The number of hydrogen-bond donors (Lipinski definition) is 1. The van der Waals surface area contributed by atoms with Crippen molar-refractivity contribution in [2.24, 2.45) is 0 Å². The molecule has 0 aromatic heterocycles. The molecule has 0 radical (unpaired) electrons. The number of nitriles is 1. The van der Waals surface area contributed by atoms with E-state index < -0.39 is 5.91 Å². The van der Waals surface area contributed by atoms with E-state index in [0.29, 0.717) is 17.0 Å². The lowest BCUT2D eigenvalue weighted by Gasteiger charge is -2.15. The quantitative estimate of drug-likeness (QED) is 0.605. The predicted molar refractivity (Wildman–Crippen MR) is 111 cm³/mol. The fourth-order valence-electron chi connectivity index (χ4n) is 3.01. The van der Waals surface area contributed by atoms with Crippen LogP contribution in [0.3, 0.4) is 0 Å². The van der Waals surface area contributed by atoms with Gasteiger partial charge in [-0.15, -0.1) is 0 Å². The molecule has 1 heterocycles. The van der Waals surface area contributed by atoms with Crippen LogP contribution in [0.4, 0.5) is 5.69 Å². The molecule has 29 heavy (non-hydrogen) atoms. The Kier molecular flexibility index (Phi) is 6.64. The lowest BCUT2D eigenvalue weighted by atomic mass is 10.1. The van der Waals surface area contributed by atoms with E-state index in [4.69, 9.17) is 4.74 Å². The number of benzene rings is 2. The number of anilines is 1. The molecule has 0 bridgehead atoms. The molecule has 148 valence electrons. The van der Waals surface area contributed by atoms with Crippen molar-refractivity contribution in [3.8, 4) is 11.8 Å². The lowest BCUT2D eigenvalue weighted by molar-refractivity contribution is -0.132. The second-order valence-electron chi connectivity index (χ2n) is 6.94. The minimum atomic E-state index is -0.465. The highest BCUT2D eigenvalue weighted by atomic mass is 16.5. The molecule has 1 N–H and O–H groups in total. The largest absolute Gasteiger partial charge is 0.484 e. The lowest BCUT2D eigenvalue weighted by Crippen LogP contribution is -2.32. The first-order chi connectivity index (χ1) is 14.0. The average Bonchev–Trinajstić information content (AvgIpc) is 3.27. The third-order valence-electron chi connectivity index (χ3n) is 4.69. The van der Waals surface area contributed by atoms with Crippen LogP contribution in [0, 0.1) is 18.3 Å². The molecule has 0 saturated carbocycles. The van der Waals surface area contributed by atoms with Crippen LogP contribution < -0.4 is 10.1 Å². The summed E-state index contributed by atoms with van der Waals surface area (Å²) in [6.45, 7) is 3.57. The van der Waals surface area contributed by atoms with E-state index in [9.17, 15) is 14.9 Å². The van der Waals surface area contributed by atoms with Gasteiger partial charge in [-0.1, -0.05) is 29.8 Å². The van der Waals surface area contributed by atoms with Crippen molar-refractivity contribution in [1.29, 1.82) is 5.26 Å². The summed E-state index contributed by atoms with van der Waals surface area (Å²) in [5.74, 6) is 0.0937. The third kappa shape index (κ3) is 5.69. The van der Waals surface area contributed by atoms with Crippen LogP contribution in [0.5, 0.6) is 5.75 Å². The highest BCUT2D eigenvalue weighted by Gasteiger charge is 2.18. The maximum atomic E-state index is 12.3. The van der Waals surface area contributed by atoms with Crippen molar-refractivity contribution < 1.29 is 14.3 Å². The number of rotatable bonds is 6. The van der Waals surface area contributed by atoms with Crippen LogP contribution in [0.1, 0.15) is 24.0 Å². The van der Waals surface area contributed by atoms with Crippen molar-refractivity contribution in [3.05, 3.63) is 65.2 Å².